The van der Waals surface area contributed by atoms with E-state index in [-0.39, 0.29) is 19.6 Å². The fourth-order valence-electron chi connectivity index (χ4n) is 4.32. The Labute approximate surface area is 221 Å². The summed E-state index contributed by atoms with van der Waals surface area (Å²) in [6.45, 7) is 2.97. The molecule has 7 nitrogen and oxygen atoms in total. The summed E-state index contributed by atoms with van der Waals surface area (Å²) >= 11 is 0. The molecule has 1 heterocycles. The van der Waals surface area contributed by atoms with E-state index in [0.29, 0.717) is 30.2 Å². The number of esters is 1. The van der Waals surface area contributed by atoms with Crippen molar-refractivity contribution < 1.29 is 32.5 Å². The Balaban J connectivity index is 1.62. The van der Waals surface area contributed by atoms with Gasteiger partial charge in [0.25, 0.3) is 0 Å². The average molecular weight is 522 g/mol. The molecule has 0 amide bonds. The van der Waals surface area contributed by atoms with Gasteiger partial charge in [-0.3, -0.25) is 4.79 Å². The first-order valence-electron chi connectivity index (χ1n) is 12.3. The summed E-state index contributed by atoms with van der Waals surface area (Å²) in [6.07, 6.45) is -0.536. The Morgan fingerprint density at radius 1 is 1.00 bits per heavy atom. The molecule has 1 unspecified atom stereocenters. The summed E-state index contributed by atoms with van der Waals surface area (Å²) in [6, 6.07) is 18.0. The van der Waals surface area contributed by atoms with E-state index in [1.807, 2.05) is 42.5 Å². The van der Waals surface area contributed by atoms with Gasteiger partial charge in [-0.05, 0) is 66.1 Å². The molecule has 3 aromatic carbocycles. The summed E-state index contributed by atoms with van der Waals surface area (Å²) in [5.74, 6) is 0.163. The second-order valence-corrected chi connectivity index (χ2v) is 9.09. The molecule has 0 aliphatic carbocycles. The predicted molar refractivity (Wildman–Crippen MR) is 142 cm³/mol. The van der Waals surface area contributed by atoms with E-state index in [1.54, 1.807) is 14.0 Å². The van der Waals surface area contributed by atoms with Crippen LogP contribution in [0.1, 0.15) is 29.4 Å². The van der Waals surface area contributed by atoms with E-state index < -0.39 is 17.9 Å². The first kappa shape index (κ1) is 27.3. The zero-order valence-corrected chi connectivity index (χ0v) is 21.8. The zero-order valence-electron chi connectivity index (χ0n) is 21.8. The number of rotatable bonds is 12. The minimum atomic E-state index is -0.488. The number of halogens is 1. The Morgan fingerprint density at radius 3 is 2.61 bits per heavy atom. The lowest BCUT2D eigenvalue weighted by Crippen LogP contribution is -2.21. The van der Waals surface area contributed by atoms with Crippen molar-refractivity contribution in [2.45, 2.75) is 39.2 Å². The highest BCUT2D eigenvalue weighted by molar-refractivity contribution is 5.93. The third kappa shape index (κ3) is 6.77. The third-order valence-electron chi connectivity index (χ3n) is 5.97. The van der Waals surface area contributed by atoms with Gasteiger partial charge in [0, 0.05) is 37.3 Å². The van der Waals surface area contributed by atoms with Gasteiger partial charge in [0.2, 0.25) is 0 Å². The number of nitrogens with two attached hydrogens (primary N) is 1. The molecule has 0 radical (unpaired) electrons. The Hall–Kier alpha value is -3.72. The van der Waals surface area contributed by atoms with E-state index in [1.165, 1.54) is 25.3 Å². The Kier molecular flexibility index (Phi) is 9.12. The van der Waals surface area contributed by atoms with Crippen molar-refractivity contribution in [1.29, 1.82) is 0 Å². The van der Waals surface area contributed by atoms with Crippen molar-refractivity contribution in [2.24, 2.45) is 5.73 Å². The van der Waals surface area contributed by atoms with Gasteiger partial charge in [0.1, 0.15) is 42.2 Å². The van der Waals surface area contributed by atoms with Crippen molar-refractivity contribution in [1.82, 2.24) is 0 Å². The molecule has 4 rings (SSSR count). The van der Waals surface area contributed by atoms with Crippen molar-refractivity contribution in [3.05, 3.63) is 88.9 Å². The fraction of sp³-hybridized carbons (Fsp3) is 0.300. The Bertz CT molecular complexity index is 1400. The first-order chi connectivity index (χ1) is 18.4. The lowest BCUT2D eigenvalue weighted by Gasteiger charge is -2.15. The fourth-order valence-corrected chi connectivity index (χ4v) is 4.32. The summed E-state index contributed by atoms with van der Waals surface area (Å²) in [5, 5.41) is 0.904. The largest absolute Gasteiger partial charge is 0.489 e. The van der Waals surface area contributed by atoms with E-state index in [4.69, 9.17) is 29.1 Å². The number of carbonyl (C=O) groups excluding carboxylic acids is 1. The molecule has 1 aromatic heterocycles. The number of carbonyl (C=O) groups is 1. The maximum Gasteiger partial charge on any atom is 0.310 e. The molecule has 4 aromatic rings. The molecule has 0 bridgehead atoms. The molecule has 0 spiro atoms. The molecule has 38 heavy (non-hydrogen) atoms. The normalized spacial score (nSPS) is 12.0. The van der Waals surface area contributed by atoms with Crippen molar-refractivity contribution >= 4 is 16.9 Å². The van der Waals surface area contributed by atoms with Crippen molar-refractivity contribution in [2.75, 3.05) is 20.8 Å². The van der Waals surface area contributed by atoms with Gasteiger partial charge in [-0.2, -0.15) is 0 Å². The van der Waals surface area contributed by atoms with Gasteiger partial charge in [-0.15, -0.1) is 0 Å². The molecule has 0 fully saturated rings. The van der Waals surface area contributed by atoms with Gasteiger partial charge in [0.05, 0.1) is 13.0 Å². The number of hydrogen-bond acceptors (Lipinski definition) is 7. The van der Waals surface area contributed by atoms with Crippen LogP contribution in [0, 0.1) is 5.82 Å². The van der Waals surface area contributed by atoms with Gasteiger partial charge in [-0.1, -0.05) is 18.2 Å². The number of hydrogen-bond donors (Lipinski definition) is 1. The molecule has 0 aliphatic heterocycles. The van der Waals surface area contributed by atoms with Crippen LogP contribution in [-0.2, 0) is 45.2 Å². The Morgan fingerprint density at radius 2 is 1.84 bits per heavy atom. The lowest BCUT2D eigenvalue weighted by molar-refractivity contribution is -0.149. The van der Waals surface area contributed by atoms with E-state index >= 15 is 0 Å². The number of methoxy groups -OCH3 is 2. The lowest BCUT2D eigenvalue weighted by atomic mass is 9.99. The molecule has 0 saturated heterocycles. The topological polar surface area (TPSA) is 93.2 Å². The van der Waals surface area contributed by atoms with Gasteiger partial charge >= 0.3 is 5.97 Å². The van der Waals surface area contributed by atoms with Crippen LogP contribution in [0.15, 0.2) is 65.1 Å². The van der Waals surface area contributed by atoms with Gasteiger partial charge < -0.3 is 29.1 Å². The summed E-state index contributed by atoms with van der Waals surface area (Å²) in [5.41, 5.74) is 10.8. The molecule has 1 atom stereocenters. The van der Waals surface area contributed by atoms with E-state index in [9.17, 15) is 9.18 Å². The highest BCUT2D eigenvalue weighted by atomic mass is 19.1. The maximum absolute atomic E-state index is 14.0. The molecular formula is C30H32FNO6. The van der Waals surface area contributed by atoms with Crippen LogP contribution in [0.25, 0.3) is 22.1 Å². The van der Waals surface area contributed by atoms with Crippen LogP contribution < -0.4 is 10.5 Å². The van der Waals surface area contributed by atoms with Crippen LogP contribution >= 0.6 is 0 Å². The quantitative estimate of drug-likeness (QED) is 0.245. The molecule has 200 valence electrons. The van der Waals surface area contributed by atoms with Crippen molar-refractivity contribution in [3.63, 3.8) is 0 Å². The number of benzene rings is 3. The zero-order chi connectivity index (χ0) is 27.1. The summed E-state index contributed by atoms with van der Waals surface area (Å²) in [7, 11) is 3.15. The second-order valence-electron chi connectivity index (χ2n) is 9.09. The monoisotopic (exact) mass is 521 g/mol. The first-order valence-corrected chi connectivity index (χ1v) is 12.3. The van der Waals surface area contributed by atoms with Gasteiger partial charge in [0.15, 0.2) is 0 Å². The number of ether oxygens (including phenoxy) is 4. The molecule has 8 heteroatoms. The van der Waals surface area contributed by atoms with Crippen LogP contribution in [0.4, 0.5) is 4.39 Å². The number of furan rings is 1. The van der Waals surface area contributed by atoms with Gasteiger partial charge in [-0.25, -0.2) is 4.39 Å². The maximum atomic E-state index is 14.0. The SMILES string of the molecule is COCc1cc2cc(COc3ccc(F)cc3CC(=O)OC(C)COC)cc(-c3cccc(CN)c3)c2o1. The highest BCUT2D eigenvalue weighted by Gasteiger charge is 2.17. The molecule has 0 saturated carbocycles. The van der Waals surface area contributed by atoms with E-state index in [0.717, 1.165) is 33.2 Å². The second kappa shape index (κ2) is 12.7. The average Bonchev–Trinajstić information content (AvgIpc) is 3.30. The number of fused-ring (bicyclic) bond motifs is 1. The van der Waals surface area contributed by atoms with Crippen LogP contribution in [0.5, 0.6) is 5.75 Å². The molecular weight excluding hydrogens is 489 g/mol. The smallest absolute Gasteiger partial charge is 0.310 e. The van der Waals surface area contributed by atoms with Crippen LogP contribution in [-0.4, -0.2) is 32.9 Å². The summed E-state index contributed by atoms with van der Waals surface area (Å²) in [4.78, 5) is 12.4. The van der Waals surface area contributed by atoms with Crippen LogP contribution in [0.2, 0.25) is 0 Å². The van der Waals surface area contributed by atoms with E-state index in [2.05, 4.69) is 0 Å². The molecule has 2 N–H and O–H groups in total. The summed E-state index contributed by atoms with van der Waals surface area (Å²) < 4.78 is 41.8. The minimum absolute atomic E-state index is 0.126. The van der Waals surface area contributed by atoms with Crippen LogP contribution in [0.3, 0.4) is 0 Å². The van der Waals surface area contributed by atoms with Crippen molar-refractivity contribution in [3.8, 4) is 16.9 Å². The third-order valence-corrected chi connectivity index (χ3v) is 5.97. The highest BCUT2D eigenvalue weighted by Crippen LogP contribution is 2.34. The predicted octanol–water partition coefficient (Wildman–Crippen LogP) is 5.54. The molecule has 0 aliphatic rings. The standard InChI is InChI=1S/C30H32FNO6/c1-19(16-34-2)37-29(33)14-23-12-25(31)7-8-28(23)36-17-21-10-24-13-26(18-35-3)38-30(24)27(11-21)22-6-4-5-20(9-22)15-32/h4-13,19H,14-18,32H2,1-3H3. The minimum Gasteiger partial charge on any atom is -0.489 e.